The van der Waals surface area contributed by atoms with Gasteiger partial charge < -0.3 is 10.4 Å². The molecule has 0 saturated heterocycles. The Kier molecular flexibility index (Phi) is 6.32. The number of aryl methyl sites for hydroxylation is 1. The van der Waals surface area contributed by atoms with Crippen LogP contribution in [0.15, 0.2) is 65.7 Å². The highest BCUT2D eigenvalue weighted by Crippen LogP contribution is 2.29. The number of carbonyl (C=O) groups is 1. The fourth-order valence-corrected chi connectivity index (χ4v) is 4.16. The van der Waals surface area contributed by atoms with Gasteiger partial charge in [0.15, 0.2) is 9.84 Å². The van der Waals surface area contributed by atoms with Crippen LogP contribution in [0.5, 0.6) is 0 Å². The predicted molar refractivity (Wildman–Crippen MR) is 113 cm³/mol. The molecule has 0 bridgehead atoms. The molecule has 150 valence electrons. The number of rotatable bonds is 6. The van der Waals surface area contributed by atoms with Crippen LogP contribution < -0.4 is 5.32 Å². The van der Waals surface area contributed by atoms with Gasteiger partial charge in [-0.25, -0.2) is 8.42 Å². The lowest BCUT2D eigenvalue weighted by atomic mass is 10.1. The number of carbonyl (C=O) groups excluding carboxylic acids is 1. The molecule has 0 fully saturated rings. The number of pyridine rings is 1. The van der Waals surface area contributed by atoms with E-state index in [1.807, 2.05) is 12.1 Å². The van der Waals surface area contributed by atoms with Crippen molar-refractivity contribution in [3.63, 3.8) is 0 Å². The fourth-order valence-electron chi connectivity index (χ4n) is 2.84. The number of halogens is 1. The second-order valence-electron chi connectivity index (χ2n) is 6.38. The largest absolute Gasteiger partial charge is 0.395 e. The average Bonchev–Trinajstić information content (AvgIpc) is 2.70. The van der Waals surface area contributed by atoms with Gasteiger partial charge in [0.25, 0.3) is 5.91 Å². The number of benzene rings is 2. The molecule has 0 aliphatic rings. The van der Waals surface area contributed by atoms with Crippen LogP contribution in [0.3, 0.4) is 0 Å². The lowest BCUT2D eigenvalue weighted by molar-refractivity contribution is 0.102. The minimum Gasteiger partial charge on any atom is -0.395 e. The number of nitrogens with zero attached hydrogens (tertiary/aromatic N) is 1. The van der Waals surface area contributed by atoms with Crippen molar-refractivity contribution in [1.29, 1.82) is 0 Å². The normalized spacial score (nSPS) is 11.3. The highest BCUT2D eigenvalue weighted by atomic mass is 35.5. The van der Waals surface area contributed by atoms with E-state index in [1.54, 1.807) is 37.4 Å². The third-order valence-electron chi connectivity index (χ3n) is 4.33. The molecule has 8 heteroatoms. The first-order valence-electron chi connectivity index (χ1n) is 8.78. The minimum absolute atomic E-state index is 0.0736. The van der Waals surface area contributed by atoms with Crippen molar-refractivity contribution in [2.45, 2.75) is 11.8 Å². The monoisotopic (exact) mass is 430 g/mol. The molecule has 0 aliphatic heterocycles. The van der Waals surface area contributed by atoms with Gasteiger partial charge in [0.05, 0.1) is 28.0 Å². The summed E-state index contributed by atoms with van der Waals surface area (Å²) in [7, 11) is -3.58. The number of aromatic nitrogens is 1. The zero-order chi connectivity index (χ0) is 21.0. The number of sulfone groups is 1. The molecule has 0 aliphatic carbocycles. The third-order valence-corrected chi connectivity index (χ3v) is 6.35. The summed E-state index contributed by atoms with van der Waals surface area (Å²) in [6.07, 6.45) is 1.66. The molecule has 0 spiro atoms. The summed E-state index contributed by atoms with van der Waals surface area (Å²) < 4.78 is 24.2. The molecule has 2 aromatic carbocycles. The second kappa shape index (κ2) is 8.73. The molecule has 3 rings (SSSR count). The SMILES string of the molecule is Cc1cc(S(=O)(=O)CCO)ccc1C(=O)Nc1ccc(Cl)c(-c2ccccn2)c1. The Morgan fingerprint density at radius 2 is 1.93 bits per heavy atom. The van der Waals surface area contributed by atoms with E-state index in [0.29, 0.717) is 33.1 Å². The average molecular weight is 431 g/mol. The van der Waals surface area contributed by atoms with Gasteiger partial charge in [-0.2, -0.15) is 0 Å². The van der Waals surface area contributed by atoms with E-state index >= 15 is 0 Å². The van der Waals surface area contributed by atoms with Crippen molar-refractivity contribution in [2.75, 3.05) is 17.7 Å². The molecule has 3 aromatic rings. The maximum Gasteiger partial charge on any atom is 0.255 e. The van der Waals surface area contributed by atoms with E-state index < -0.39 is 16.4 Å². The van der Waals surface area contributed by atoms with E-state index in [2.05, 4.69) is 10.3 Å². The van der Waals surface area contributed by atoms with Gasteiger partial charge >= 0.3 is 0 Å². The van der Waals surface area contributed by atoms with Gasteiger partial charge in [-0.3, -0.25) is 9.78 Å². The van der Waals surface area contributed by atoms with E-state index in [0.717, 1.165) is 0 Å². The number of aliphatic hydroxyl groups excluding tert-OH is 1. The van der Waals surface area contributed by atoms with Gasteiger partial charge in [0.1, 0.15) is 0 Å². The lowest BCUT2D eigenvalue weighted by Gasteiger charge is -2.11. The van der Waals surface area contributed by atoms with Gasteiger partial charge in [-0.15, -0.1) is 0 Å². The van der Waals surface area contributed by atoms with Crippen LogP contribution in [-0.2, 0) is 9.84 Å². The van der Waals surface area contributed by atoms with Crippen molar-refractivity contribution >= 4 is 33.0 Å². The lowest BCUT2D eigenvalue weighted by Crippen LogP contribution is -2.15. The van der Waals surface area contributed by atoms with Gasteiger partial charge in [0.2, 0.25) is 0 Å². The van der Waals surface area contributed by atoms with Crippen molar-refractivity contribution in [3.8, 4) is 11.3 Å². The first-order valence-corrected chi connectivity index (χ1v) is 10.8. The van der Waals surface area contributed by atoms with Crippen molar-refractivity contribution < 1.29 is 18.3 Å². The van der Waals surface area contributed by atoms with Crippen LogP contribution in [0.4, 0.5) is 5.69 Å². The topological polar surface area (TPSA) is 96.4 Å². The van der Waals surface area contributed by atoms with Gasteiger partial charge in [0, 0.05) is 23.0 Å². The number of nitrogens with one attached hydrogen (secondary N) is 1. The van der Waals surface area contributed by atoms with Gasteiger partial charge in [-0.05, 0) is 61.0 Å². The molecule has 2 N–H and O–H groups in total. The molecular weight excluding hydrogens is 412 g/mol. The smallest absolute Gasteiger partial charge is 0.255 e. The van der Waals surface area contributed by atoms with Crippen molar-refractivity contribution in [1.82, 2.24) is 4.98 Å². The number of hydrogen-bond donors (Lipinski definition) is 2. The van der Waals surface area contributed by atoms with Crippen LogP contribution in [0.1, 0.15) is 15.9 Å². The maximum absolute atomic E-state index is 12.7. The molecule has 1 amide bonds. The molecule has 1 heterocycles. The quantitative estimate of drug-likeness (QED) is 0.621. The first kappa shape index (κ1) is 21.0. The second-order valence-corrected chi connectivity index (χ2v) is 8.90. The molecule has 29 heavy (non-hydrogen) atoms. The Morgan fingerprint density at radius 3 is 2.59 bits per heavy atom. The van der Waals surface area contributed by atoms with Crippen molar-refractivity contribution in [3.05, 3.63) is 76.9 Å². The Balaban J connectivity index is 1.86. The van der Waals surface area contributed by atoms with Crippen LogP contribution in [0, 0.1) is 6.92 Å². The molecule has 1 aromatic heterocycles. The highest BCUT2D eigenvalue weighted by molar-refractivity contribution is 7.91. The number of anilines is 1. The van der Waals surface area contributed by atoms with E-state index in [1.165, 1.54) is 18.2 Å². The highest BCUT2D eigenvalue weighted by Gasteiger charge is 2.17. The molecule has 0 unspecified atom stereocenters. The summed E-state index contributed by atoms with van der Waals surface area (Å²) in [5, 5.41) is 12.2. The Hall–Kier alpha value is -2.74. The number of amides is 1. The van der Waals surface area contributed by atoms with Crippen LogP contribution in [0.2, 0.25) is 5.02 Å². The summed E-state index contributed by atoms with van der Waals surface area (Å²) in [6, 6.07) is 14.8. The molecule has 0 radical (unpaired) electrons. The van der Waals surface area contributed by atoms with Crippen LogP contribution in [-0.4, -0.2) is 36.8 Å². The summed E-state index contributed by atoms with van der Waals surface area (Å²) in [5.74, 6) is -0.734. The summed E-state index contributed by atoms with van der Waals surface area (Å²) in [5.41, 5.74) is 2.77. The summed E-state index contributed by atoms with van der Waals surface area (Å²) in [4.78, 5) is 17.1. The zero-order valence-electron chi connectivity index (χ0n) is 15.6. The van der Waals surface area contributed by atoms with E-state index in [9.17, 15) is 13.2 Å². The predicted octanol–water partition coefficient (Wildman–Crippen LogP) is 3.73. The number of hydrogen-bond acceptors (Lipinski definition) is 5. The summed E-state index contributed by atoms with van der Waals surface area (Å²) >= 11 is 6.27. The van der Waals surface area contributed by atoms with Gasteiger partial charge in [-0.1, -0.05) is 17.7 Å². The van der Waals surface area contributed by atoms with Crippen LogP contribution in [0.25, 0.3) is 11.3 Å². The zero-order valence-corrected chi connectivity index (χ0v) is 17.2. The summed E-state index contributed by atoms with van der Waals surface area (Å²) in [6.45, 7) is 1.20. The molecular formula is C21H19ClN2O4S. The standard InChI is InChI=1S/C21H19ClN2O4S/c1-14-12-16(29(27,28)11-10-25)6-7-17(14)21(26)24-15-5-8-19(22)18(13-15)20-4-2-3-9-23-20/h2-9,12-13,25H,10-11H2,1H3,(H,24,26). The van der Waals surface area contributed by atoms with Crippen LogP contribution >= 0.6 is 11.6 Å². The molecule has 0 saturated carbocycles. The maximum atomic E-state index is 12.7. The first-order chi connectivity index (χ1) is 13.8. The minimum atomic E-state index is -3.58. The third kappa shape index (κ3) is 4.82. The number of aliphatic hydroxyl groups is 1. The molecule has 6 nitrogen and oxygen atoms in total. The van der Waals surface area contributed by atoms with E-state index in [-0.39, 0.29) is 16.6 Å². The Morgan fingerprint density at radius 1 is 1.14 bits per heavy atom. The molecule has 0 atom stereocenters. The fraction of sp³-hybridized carbons (Fsp3) is 0.143. The Bertz CT molecular complexity index is 1150. The van der Waals surface area contributed by atoms with E-state index in [4.69, 9.17) is 16.7 Å². The Labute approximate surface area is 174 Å². The van der Waals surface area contributed by atoms with Crippen molar-refractivity contribution in [2.24, 2.45) is 0 Å².